The minimum absolute atomic E-state index is 0.00632. The van der Waals surface area contributed by atoms with Gasteiger partial charge in [-0.25, -0.2) is 4.79 Å². The summed E-state index contributed by atoms with van der Waals surface area (Å²) < 4.78 is 7.27. The maximum absolute atomic E-state index is 12.3. The molecule has 0 saturated carbocycles. The van der Waals surface area contributed by atoms with Crippen molar-refractivity contribution in [3.05, 3.63) is 64.1 Å². The van der Waals surface area contributed by atoms with E-state index in [-0.39, 0.29) is 23.7 Å². The fraction of sp³-hybridized carbons (Fsp3) is 0.368. The van der Waals surface area contributed by atoms with Gasteiger partial charge in [0.1, 0.15) is 5.69 Å². The number of aromatic nitrogens is 1. The highest BCUT2D eigenvalue weighted by Crippen LogP contribution is 2.27. The quantitative estimate of drug-likeness (QED) is 0.902. The van der Waals surface area contributed by atoms with Crippen molar-refractivity contribution in [3.8, 4) is 0 Å². The number of hydrogen-bond donors (Lipinski definition) is 2. The Morgan fingerprint density at radius 3 is 2.76 bits per heavy atom. The van der Waals surface area contributed by atoms with Crippen LogP contribution in [0, 0.1) is 6.92 Å². The van der Waals surface area contributed by atoms with Crippen molar-refractivity contribution in [2.75, 3.05) is 11.9 Å². The number of urea groups is 1. The molecule has 0 spiro atoms. The van der Waals surface area contributed by atoms with Gasteiger partial charge in [0.05, 0.1) is 6.10 Å². The SMILES string of the molecule is Cc1ccn(C)c(=O)c1NC(=O)N[C@@H]1CCO[C@H](c2ccccc2)C1. The van der Waals surface area contributed by atoms with E-state index in [4.69, 9.17) is 4.74 Å². The number of aryl methyl sites for hydroxylation is 2. The number of anilines is 1. The van der Waals surface area contributed by atoms with Gasteiger partial charge < -0.3 is 19.9 Å². The standard InChI is InChI=1S/C19H23N3O3/c1-13-8-10-22(2)18(23)17(13)21-19(24)20-15-9-11-25-16(12-15)14-6-4-3-5-7-14/h3-8,10,15-16H,9,11-12H2,1-2H3,(H2,20,21,24)/t15-,16+/m1/s1. The van der Waals surface area contributed by atoms with Crippen LogP contribution in [0.4, 0.5) is 10.5 Å². The summed E-state index contributed by atoms with van der Waals surface area (Å²) in [6.45, 7) is 2.40. The van der Waals surface area contributed by atoms with Crippen LogP contribution in [-0.4, -0.2) is 23.2 Å². The predicted octanol–water partition coefficient (Wildman–Crippen LogP) is 2.74. The molecule has 1 aromatic heterocycles. The second kappa shape index (κ2) is 7.53. The molecule has 0 radical (unpaired) electrons. The zero-order valence-electron chi connectivity index (χ0n) is 14.5. The molecule has 1 saturated heterocycles. The van der Waals surface area contributed by atoms with Crippen molar-refractivity contribution in [3.63, 3.8) is 0 Å². The van der Waals surface area contributed by atoms with Crippen LogP contribution in [0.25, 0.3) is 0 Å². The molecule has 1 aliphatic heterocycles. The molecule has 2 heterocycles. The Morgan fingerprint density at radius 1 is 1.24 bits per heavy atom. The first-order chi connectivity index (χ1) is 12.0. The molecule has 2 aromatic rings. The lowest BCUT2D eigenvalue weighted by Crippen LogP contribution is -2.43. The summed E-state index contributed by atoms with van der Waals surface area (Å²) >= 11 is 0. The molecule has 25 heavy (non-hydrogen) atoms. The summed E-state index contributed by atoms with van der Waals surface area (Å²) in [7, 11) is 1.66. The molecule has 2 amide bonds. The molecule has 2 atom stereocenters. The maximum Gasteiger partial charge on any atom is 0.319 e. The Balaban J connectivity index is 1.63. The Labute approximate surface area is 146 Å². The van der Waals surface area contributed by atoms with Crippen molar-refractivity contribution in [2.24, 2.45) is 7.05 Å². The molecular weight excluding hydrogens is 318 g/mol. The van der Waals surface area contributed by atoms with Gasteiger partial charge in [0.15, 0.2) is 0 Å². The van der Waals surface area contributed by atoms with Gasteiger partial charge in [0.25, 0.3) is 5.56 Å². The van der Waals surface area contributed by atoms with E-state index >= 15 is 0 Å². The molecular formula is C19H23N3O3. The molecule has 6 nitrogen and oxygen atoms in total. The highest BCUT2D eigenvalue weighted by atomic mass is 16.5. The number of nitrogens with zero attached hydrogens (tertiary/aromatic N) is 1. The Bertz CT molecular complexity index is 801. The molecule has 132 valence electrons. The lowest BCUT2D eigenvalue weighted by atomic mass is 9.97. The first kappa shape index (κ1) is 17.2. The van der Waals surface area contributed by atoms with Crippen LogP contribution < -0.4 is 16.2 Å². The van der Waals surface area contributed by atoms with Crippen molar-refractivity contribution < 1.29 is 9.53 Å². The summed E-state index contributed by atoms with van der Waals surface area (Å²) in [6, 6.07) is 11.5. The smallest absolute Gasteiger partial charge is 0.319 e. The van der Waals surface area contributed by atoms with Crippen LogP contribution in [0.3, 0.4) is 0 Å². The number of benzene rings is 1. The number of pyridine rings is 1. The van der Waals surface area contributed by atoms with Crippen LogP contribution in [0.1, 0.15) is 30.1 Å². The van der Waals surface area contributed by atoms with E-state index in [1.807, 2.05) is 30.3 Å². The van der Waals surface area contributed by atoms with E-state index < -0.39 is 0 Å². The van der Waals surface area contributed by atoms with Crippen molar-refractivity contribution in [2.45, 2.75) is 31.9 Å². The Morgan fingerprint density at radius 2 is 2.00 bits per heavy atom. The van der Waals surface area contributed by atoms with Crippen LogP contribution in [-0.2, 0) is 11.8 Å². The van der Waals surface area contributed by atoms with Crippen LogP contribution in [0.2, 0.25) is 0 Å². The Kier molecular flexibility index (Phi) is 5.19. The van der Waals surface area contributed by atoms with E-state index in [9.17, 15) is 9.59 Å². The van der Waals surface area contributed by atoms with Crippen molar-refractivity contribution in [1.29, 1.82) is 0 Å². The predicted molar refractivity (Wildman–Crippen MR) is 96.7 cm³/mol. The highest BCUT2D eigenvalue weighted by molar-refractivity contribution is 5.90. The van der Waals surface area contributed by atoms with Gasteiger partial charge in [0, 0.05) is 25.9 Å². The molecule has 0 aliphatic carbocycles. The molecule has 1 aromatic carbocycles. The highest BCUT2D eigenvalue weighted by Gasteiger charge is 2.25. The number of rotatable bonds is 3. The number of hydrogen-bond acceptors (Lipinski definition) is 3. The maximum atomic E-state index is 12.3. The van der Waals surface area contributed by atoms with E-state index in [2.05, 4.69) is 10.6 Å². The van der Waals surface area contributed by atoms with Crippen LogP contribution >= 0.6 is 0 Å². The molecule has 3 rings (SSSR count). The average Bonchev–Trinajstić information content (AvgIpc) is 2.63. The van der Waals surface area contributed by atoms with Crippen molar-refractivity contribution in [1.82, 2.24) is 9.88 Å². The third-order valence-corrected chi connectivity index (χ3v) is 4.51. The van der Waals surface area contributed by atoms with E-state index in [1.165, 1.54) is 4.57 Å². The van der Waals surface area contributed by atoms with E-state index in [1.54, 1.807) is 26.2 Å². The van der Waals surface area contributed by atoms with Gasteiger partial charge in [-0.15, -0.1) is 0 Å². The summed E-state index contributed by atoms with van der Waals surface area (Å²) in [6.07, 6.45) is 3.13. The lowest BCUT2D eigenvalue weighted by molar-refractivity contribution is 0.00253. The van der Waals surface area contributed by atoms with E-state index in [0.29, 0.717) is 18.7 Å². The average molecular weight is 341 g/mol. The lowest BCUT2D eigenvalue weighted by Gasteiger charge is -2.30. The largest absolute Gasteiger partial charge is 0.373 e. The molecule has 1 aliphatic rings. The fourth-order valence-corrected chi connectivity index (χ4v) is 3.03. The van der Waals surface area contributed by atoms with Crippen LogP contribution in [0.15, 0.2) is 47.4 Å². The number of ether oxygens (including phenoxy) is 1. The van der Waals surface area contributed by atoms with Gasteiger partial charge >= 0.3 is 6.03 Å². The number of amides is 2. The summed E-state index contributed by atoms with van der Waals surface area (Å²) in [5, 5.41) is 5.66. The van der Waals surface area contributed by atoms with E-state index in [0.717, 1.165) is 17.5 Å². The van der Waals surface area contributed by atoms with Gasteiger partial charge in [-0.05, 0) is 37.0 Å². The van der Waals surface area contributed by atoms with Gasteiger partial charge in [0.2, 0.25) is 0 Å². The minimum atomic E-state index is -0.356. The first-order valence-electron chi connectivity index (χ1n) is 8.45. The normalized spacial score (nSPS) is 20.1. The number of nitrogens with one attached hydrogen (secondary N) is 2. The molecule has 1 fully saturated rings. The number of carbonyl (C=O) groups excluding carboxylic acids is 1. The zero-order chi connectivity index (χ0) is 17.8. The topological polar surface area (TPSA) is 72.4 Å². The Hall–Kier alpha value is -2.60. The molecule has 0 bridgehead atoms. The molecule has 6 heteroatoms. The van der Waals surface area contributed by atoms with Gasteiger partial charge in [-0.2, -0.15) is 0 Å². The number of carbonyl (C=O) groups is 1. The second-order valence-corrected chi connectivity index (χ2v) is 6.38. The first-order valence-corrected chi connectivity index (χ1v) is 8.45. The summed E-state index contributed by atoms with van der Waals surface area (Å²) in [5.41, 5.74) is 1.95. The zero-order valence-corrected chi connectivity index (χ0v) is 14.5. The van der Waals surface area contributed by atoms with Crippen LogP contribution in [0.5, 0.6) is 0 Å². The fourth-order valence-electron chi connectivity index (χ4n) is 3.03. The molecule has 2 N–H and O–H groups in total. The summed E-state index contributed by atoms with van der Waals surface area (Å²) in [5.74, 6) is 0. The second-order valence-electron chi connectivity index (χ2n) is 6.38. The minimum Gasteiger partial charge on any atom is -0.373 e. The third kappa shape index (κ3) is 4.09. The van der Waals surface area contributed by atoms with Crippen molar-refractivity contribution >= 4 is 11.7 Å². The summed E-state index contributed by atoms with van der Waals surface area (Å²) in [4.78, 5) is 24.5. The van der Waals surface area contributed by atoms with Gasteiger partial charge in [-0.1, -0.05) is 30.3 Å². The molecule has 0 unspecified atom stereocenters. The third-order valence-electron chi connectivity index (χ3n) is 4.51. The van der Waals surface area contributed by atoms with Gasteiger partial charge in [-0.3, -0.25) is 4.79 Å². The monoisotopic (exact) mass is 341 g/mol.